The number of aryl methyl sites for hydroxylation is 5. The number of thiophene rings is 1. The van der Waals surface area contributed by atoms with Gasteiger partial charge in [-0.15, -0.1) is 11.3 Å². The van der Waals surface area contributed by atoms with Crippen molar-refractivity contribution in [2.24, 2.45) is 0 Å². The number of benzene rings is 2. The minimum Gasteiger partial charge on any atom is -0.308 e. The van der Waals surface area contributed by atoms with E-state index in [-0.39, 0.29) is 0 Å². The molecule has 24 heavy (non-hydrogen) atoms. The van der Waals surface area contributed by atoms with Gasteiger partial charge in [0.2, 0.25) is 0 Å². The normalized spacial score (nSPS) is 11.7. The molecule has 3 rings (SSSR count). The number of hydrogen-bond acceptors (Lipinski definition) is 2. The lowest BCUT2D eigenvalue weighted by Crippen LogP contribution is -2.24. The lowest BCUT2D eigenvalue weighted by atomic mass is 10.2. The largest absolute Gasteiger partial charge is 0.308 e. The molecule has 0 saturated carbocycles. The van der Waals surface area contributed by atoms with Crippen molar-refractivity contribution in [3.05, 3.63) is 75.7 Å². The predicted octanol–water partition coefficient (Wildman–Crippen LogP) is 4.93. The van der Waals surface area contributed by atoms with Crippen LogP contribution in [0.5, 0.6) is 0 Å². The van der Waals surface area contributed by atoms with E-state index in [4.69, 9.17) is 0 Å². The Morgan fingerprint density at radius 1 is 0.667 bits per heavy atom. The Labute approximate surface area is 148 Å². The zero-order chi connectivity index (χ0) is 17.5. The van der Waals surface area contributed by atoms with Crippen LogP contribution in [0.15, 0.2) is 48.5 Å². The van der Waals surface area contributed by atoms with E-state index in [1.165, 1.54) is 4.88 Å². The van der Waals surface area contributed by atoms with Crippen molar-refractivity contribution in [2.45, 2.75) is 34.6 Å². The zero-order valence-electron chi connectivity index (χ0n) is 14.9. The van der Waals surface area contributed by atoms with Crippen molar-refractivity contribution in [3.8, 4) is 0 Å². The molecule has 0 aliphatic heterocycles. The van der Waals surface area contributed by atoms with Crippen molar-refractivity contribution < 1.29 is 4.57 Å². The summed E-state index contributed by atoms with van der Waals surface area (Å²) in [5.41, 5.74) is 4.62. The molecule has 0 spiro atoms. The van der Waals surface area contributed by atoms with Crippen molar-refractivity contribution in [2.75, 3.05) is 0 Å². The van der Waals surface area contributed by atoms with Crippen LogP contribution in [0.2, 0.25) is 0 Å². The molecular formula is C21H23OPS. The molecule has 0 amide bonds. The van der Waals surface area contributed by atoms with E-state index >= 15 is 0 Å². The molecule has 0 radical (unpaired) electrons. The van der Waals surface area contributed by atoms with E-state index in [1.807, 2.05) is 6.07 Å². The molecule has 0 fully saturated rings. The highest BCUT2D eigenvalue weighted by molar-refractivity contribution is 7.89. The van der Waals surface area contributed by atoms with Crippen LogP contribution in [0.25, 0.3) is 0 Å². The van der Waals surface area contributed by atoms with Crippen LogP contribution in [0.3, 0.4) is 0 Å². The van der Waals surface area contributed by atoms with E-state index in [2.05, 4.69) is 77.1 Å². The summed E-state index contributed by atoms with van der Waals surface area (Å²) in [6, 6.07) is 16.7. The average molecular weight is 354 g/mol. The number of rotatable bonds is 3. The second-order valence-corrected chi connectivity index (χ2v) is 11.0. The fourth-order valence-corrected chi connectivity index (χ4v) is 8.07. The van der Waals surface area contributed by atoms with Crippen molar-refractivity contribution in [3.63, 3.8) is 0 Å². The van der Waals surface area contributed by atoms with Gasteiger partial charge in [-0.1, -0.05) is 34.4 Å². The first kappa shape index (κ1) is 17.2. The standard InChI is InChI=1S/C21H23OPS/c1-14-8-15(2)11-19(10-14)23(22,21-7-6-18(5)24-21)20-12-16(3)9-17(4)13-20/h6-13H,1-5H3. The zero-order valence-corrected chi connectivity index (χ0v) is 16.6. The van der Waals surface area contributed by atoms with E-state index in [0.29, 0.717) is 0 Å². The molecule has 0 N–H and O–H groups in total. The third kappa shape index (κ3) is 3.14. The first-order valence-electron chi connectivity index (χ1n) is 8.14. The van der Waals surface area contributed by atoms with Crippen LogP contribution in [0.4, 0.5) is 0 Å². The molecule has 0 saturated heterocycles. The quantitative estimate of drug-likeness (QED) is 0.610. The summed E-state index contributed by atoms with van der Waals surface area (Å²) in [7, 11) is -2.84. The summed E-state index contributed by atoms with van der Waals surface area (Å²) in [5, 5.41) is 1.87. The van der Waals surface area contributed by atoms with Gasteiger partial charge in [-0.2, -0.15) is 0 Å². The van der Waals surface area contributed by atoms with Crippen molar-refractivity contribution in [1.29, 1.82) is 0 Å². The summed E-state index contributed by atoms with van der Waals surface area (Å²) in [4.78, 5) is 1.19. The fraction of sp³-hybridized carbons (Fsp3) is 0.238. The maximum absolute atomic E-state index is 14.5. The predicted molar refractivity (Wildman–Crippen MR) is 107 cm³/mol. The van der Waals surface area contributed by atoms with Gasteiger partial charge >= 0.3 is 0 Å². The van der Waals surface area contributed by atoms with Crippen molar-refractivity contribution >= 4 is 33.7 Å². The molecular weight excluding hydrogens is 331 g/mol. The summed E-state index contributed by atoms with van der Waals surface area (Å²) in [5.74, 6) is 0. The lowest BCUT2D eigenvalue weighted by Gasteiger charge is -2.20. The molecule has 124 valence electrons. The Balaban J connectivity index is 2.35. The second-order valence-electron chi connectivity index (χ2n) is 6.69. The van der Waals surface area contributed by atoms with Crippen LogP contribution in [-0.2, 0) is 4.57 Å². The van der Waals surface area contributed by atoms with Gasteiger partial charge in [0.1, 0.15) is 0 Å². The van der Waals surface area contributed by atoms with Gasteiger partial charge in [-0.25, -0.2) is 0 Å². The SMILES string of the molecule is Cc1cc(C)cc(P(=O)(c2cc(C)cc(C)c2)c2ccc(C)s2)c1. The molecule has 2 aromatic carbocycles. The summed E-state index contributed by atoms with van der Waals surface area (Å²) >= 11 is 1.64. The molecule has 0 aliphatic rings. The van der Waals surface area contributed by atoms with Gasteiger partial charge in [0.15, 0.2) is 7.14 Å². The van der Waals surface area contributed by atoms with Gasteiger partial charge in [0.25, 0.3) is 0 Å². The summed E-state index contributed by atoms with van der Waals surface area (Å²) in [6.45, 7) is 10.4. The summed E-state index contributed by atoms with van der Waals surface area (Å²) < 4.78 is 15.4. The monoisotopic (exact) mass is 354 g/mol. The Morgan fingerprint density at radius 3 is 1.42 bits per heavy atom. The maximum Gasteiger partial charge on any atom is 0.180 e. The van der Waals surface area contributed by atoms with Gasteiger partial charge in [0.05, 0.1) is 4.62 Å². The van der Waals surface area contributed by atoms with Crippen LogP contribution in [0.1, 0.15) is 27.1 Å². The number of hydrogen-bond donors (Lipinski definition) is 0. The van der Waals surface area contributed by atoms with E-state index in [1.54, 1.807) is 11.3 Å². The molecule has 0 atom stereocenters. The third-order valence-corrected chi connectivity index (χ3v) is 8.77. The van der Waals surface area contributed by atoms with E-state index in [0.717, 1.165) is 37.5 Å². The molecule has 0 aliphatic carbocycles. The average Bonchev–Trinajstić information content (AvgIpc) is 2.91. The topological polar surface area (TPSA) is 17.1 Å². The van der Waals surface area contributed by atoms with Gasteiger partial charge < -0.3 is 4.57 Å². The Bertz CT molecular complexity index is 856. The maximum atomic E-state index is 14.5. The molecule has 3 aromatic rings. The van der Waals surface area contributed by atoms with Crippen LogP contribution in [-0.4, -0.2) is 0 Å². The second kappa shape index (κ2) is 6.35. The Kier molecular flexibility index (Phi) is 4.55. The molecule has 1 heterocycles. The molecule has 3 heteroatoms. The highest BCUT2D eigenvalue weighted by Gasteiger charge is 2.32. The minimum atomic E-state index is -2.84. The van der Waals surface area contributed by atoms with Crippen LogP contribution in [0, 0.1) is 34.6 Å². The highest BCUT2D eigenvalue weighted by atomic mass is 32.1. The molecule has 1 nitrogen and oxygen atoms in total. The first-order chi connectivity index (χ1) is 11.3. The van der Waals surface area contributed by atoms with Gasteiger partial charge in [0, 0.05) is 15.5 Å². The fourth-order valence-electron chi connectivity index (χ4n) is 3.26. The lowest BCUT2D eigenvalue weighted by molar-refractivity contribution is 0.593. The minimum absolute atomic E-state index is 0.937. The Morgan fingerprint density at radius 2 is 1.08 bits per heavy atom. The van der Waals surface area contributed by atoms with E-state index < -0.39 is 7.14 Å². The Hall–Kier alpha value is -1.63. The van der Waals surface area contributed by atoms with Gasteiger partial charge in [-0.3, -0.25) is 0 Å². The van der Waals surface area contributed by atoms with Crippen LogP contribution < -0.4 is 15.2 Å². The van der Waals surface area contributed by atoms with Crippen LogP contribution >= 0.6 is 18.5 Å². The third-order valence-electron chi connectivity index (χ3n) is 4.18. The summed E-state index contributed by atoms with van der Waals surface area (Å²) in [6.07, 6.45) is 0. The van der Waals surface area contributed by atoms with E-state index in [9.17, 15) is 4.57 Å². The molecule has 1 aromatic heterocycles. The highest BCUT2D eigenvalue weighted by Crippen LogP contribution is 2.45. The molecule has 0 unspecified atom stereocenters. The van der Waals surface area contributed by atoms with Crippen molar-refractivity contribution in [1.82, 2.24) is 0 Å². The smallest absolute Gasteiger partial charge is 0.180 e. The van der Waals surface area contributed by atoms with Gasteiger partial charge in [-0.05, 0) is 71.0 Å². The first-order valence-corrected chi connectivity index (χ1v) is 10.7. The molecule has 0 bridgehead atoms.